The highest BCUT2D eigenvalue weighted by Crippen LogP contribution is 2.40. The summed E-state index contributed by atoms with van der Waals surface area (Å²) >= 11 is 0. The number of rotatable bonds is 2. The summed E-state index contributed by atoms with van der Waals surface area (Å²) < 4.78 is 13.4. The molecule has 1 aromatic carbocycles. The van der Waals surface area contributed by atoms with Gasteiger partial charge in [-0.2, -0.15) is 0 Å². The zero-order valence-corrected chi connectivity index (χ0v) is 11.6. The van der Waals surface area contributed by atoms with E-state index in [0.717, 1.165) is 16.8 Å². The minimum Gasteiger partial charge on any atom is -0.480 e. The van der Waals surface area contributed by atoms with Crippen LogP contribution in [-0.2, 0) is 4.79 Å². The second-order valence-electron chi connectivity index (χ2n) is 5.53. The van der Waals surface area contributed by atoms with Crippen LogP contribution in [0.15, 0.2) is 24.3 Å². The number of hydrogen-bond donors (Lipinski definition) is 1. The molecule has 0 aromatic heterocycles. The fraction of sp³-hybridized carbons (Fsp3) is 0.400. The number of carbonyl (C=O) groups is 1. The van der Waals surface area contributed by atoms with Gasteiger partial charge in [-0.25, -0.2) is 9.18 Å². The molecule has 0 radical (unpaired) electrons. The smallest absolute Gasteiger partial charge is 0.326 e. The molecule has 0 saturated heterocycles. The molecule has 1 aliphatic heterocycles. The summed E-state index contributed by atoms with van der Waals surface area (Å²) in [5, 5.41) is 9.28. The summed E-state index contributed by atoms with van der Waals surface area (Å²) in [6.45, 7) is 7.49. The monoisotopic (exact) mass is 263 g/mol. The third-order valence-corrected chi connectivity index (χ3v) is 3.58. The summed E-state index contributed by atoms with van der Waals surface area (Å²) in [7, 11) is 0. The molecule has 0 unspecified atom stereocenters. The van der Waals surface area contributed by atoms with Crippen LogP contribution in [0.4, 0.5) is 10.1 Å². The number of nitrogens with zero attached hydrogens (tertiary/aromatic N) is 1. The van der Waals surface area contributed by atoms with Gasteiger partial charge in [-0.15, -0.1) is 0 Å². The molecule has 1 atom stereocenters. The van der Waals surface area contributed by atoms with Crippen molar-refractivity contribution in [1.82, 2.24) is 0 Å². The van der Waals surface area contributed by atoms with E-state index in [2.05, 4.69) is 0 Å². The third-order valence-electron chi connectivity index (χ3n) is 3.58. The topological polar surface area (TPSA) is 40.5 Å². The van der Waals surface area contributed by atoms with Crippen LogP contribution in [0.25, 0.3) is 5.57 Å². The largest absolute Gasteiger partial charge is 0.480 e. The van der Waals surface area contributed by atoms with Crippen LogP contribution in [0.3, 0.4) is 0 Å². The van der Waals surface area contributed by atoms with Gasteiger partial charge >= 0.3 is 5.97 Å². The van der Waals surface area contributed by atoms with E-state index in [4.69, 9.17) is 0 Å². The van der Waals surface area contributed by atoms with Crippen molar-refractivity contribution in [3.63, 3.8) is 0 Å². The Hall–Kier alpha value is -1.84. The van der Waals surface area contributed by atoms with Crippen LogP contribution in [0, 0.1) is 5.82 Å². The van der Waals surface area contributed by atoms with Gasteiger partial charge in [0.2, 0.25) is 0 Å². The summed E-state index contributed by atoms with van der Waals surface area (Å²) in [5.74, 6) is -1.20. The van der Waals surface area contributed by atoms with Gasteiger partial charge in [-0.3, -0.25) is 0 Å². The van der Waals surface area contributed by atoms with Gasteiger partial charge in [0.15, 0.2) is 0 Å². The Morgan fingerprint density at radius 1 is 1.42 bits per heavy atom. The molecule has 4 heteroatoms. The van der Waals surface area contributed by atoms with E-state index in [1.807, 2.05) is 31.7 Å². The number of carboxylic acids is 1. The maximum atomic E-state index is 13.4. The van der Waals surface area contributed by atoms with Gasteiger partial charge in [0.25, 0.3) is 0 Å². The minimum atomic E-state index is -0.892. The zero-order chi connectivity index (χ0) is 14.4. The molecule has 3 nitrogen and oxygen atoms in total. The first kappa shape index (κ1) is 13.6. The van der Waals surface area contributed by atoms with E-state index >= 15 is 0 Å². The number of hydrogen-bond acceptors (Lipinski definition) is 2. The van der Waals surface area contributed by atoms with E-state index in [1.165, 1.54) is 12.1 Å². The number of benzene rings is 1. The fourth-order valence-corrected chi connectivity index (χ4v) is 2.84. The van der Waals surface area contributed by atoms with Crippen LogP contribution in [-0.4, -0.2) is 22.7 Å². The molecule has 0 fully saturated rings. The number of fused-ring (bicyclic) bond motifs is 1. The van der Waals surface area contributed by atoms with Crippen molar-refractivity contribution >= 4 is 17.2 Å². The number of aliphatic carboxylic acids is 1. The Kier molecular flexibility index (Phi) is 3.12. The van der Waals surface area contributed by atoms with Gasteiger partial charge in [0, 0.05) is 11.3 Å². The Morgan fingerprint density at radius 2 is 2.05 bits per heavy atom. The van der Waals surface area contributed by atoms with Crippen molar-refractivity contribution in [2.45, 2.75) is 39.3 Å². The average Bonchev–Trinajstić information content (AvgIpc) is 2.28. The van der Waals surface area contributed by atoms with Crippen LogP contribution in [0.1, 0.15) is 33.3 Å². The molecule has 0 aliphatic carbocycles. The van der Waals surface area contributed by atoms with Crippen LogP contribution < -0.4 is 4.90 Å². The molecular weight excluding hydrogens is 245 g/mol. The van der Waals surface area contributed by atoms with E-state index in [-0.39, 0.29) is 5.82 Å². The second-order valence-corrected chi connectivity index (χ2v) is 5.53. The Balaban J connectivity index is 2.64. The quantitative estimate of drug-likeness (QED) is 0.890. The Bertz CT molecular complexity index is 563. The highest BCUT2D eigenvalue weighted by Gasteiger charge is 2.37. The first-order valence-corrected chi connectivity index (χ1v) is 6.25. The summed E-state index contributed by atoms with van der Waals surface area (Å²) in [4.78, 5) is 13.1. The second kappa shape index (κ2) is 4.37. The summed E-state index contributed by atoms with van der Waals surface area (Å²) in [6, 6.07) is 3.80. The summed E-state index contributed by atoms with van der Waals surface area (Å²) in [6.07, 6.45) is 1.98. The first-order valence-electron chi connectivity index (χ1n) is 6.25. The van der Waals surface area contributed by atoms with Crippen molar-refractivity contribution in [2.24, 2.45) is 0 Å². The van der Waals surface area contributed by atoms with Gasteiger partial charge in [0.05, 0.1) is 5.54 Å². The van der Waals surface area contributed by atoms with Crippen molar-refractivity contribution in [3.8, 4) is 0 Å². The Morgan fingerprint density at radius 3 is 2.63 bits per heavy atom. The predicted molar refractivity (Wildman–Crippen MR) is 73.7 cm³/mol. The normalized spacial score (nSPS) is 18.6. The standard InChI is InChI=1S/C15H18FNO2/c1-9-8-15(3,4)17(10(2)14(18)19)13-6-5-11(16)7-12(9)13/h5-8,10H,1-4H3,(H,18,19)/t10-/m0/s1. The third kappa shape index (κ3) is 2.23. The van der Waals surface area contributed by atoms with Crippen molar-refractivity contribution < 1.29 is 14.3 Å². The van der Waals surface area contributed by atoms with Crippen LogP contribution in [0.2, 0.25) is 0 Å². The zero-order valence-electron chi connectivity index (χ0n) is 11.6. The number of anilines is 1. The molecule has 0 spiro atoms. The number of allylic oxidation sites excluding steroid dienone is 1. The molecule has 0 amide bonds. The van der Waals surface area contributed by atoms with E-state index < -0.39 is 17.6 Å². The van der Waals surface area contributed by atoms with Crippen molar-refractivity contribution in [1.29, 1.82) is 0 Å². The predicted octanol–water partition coefficient (Wildman–Crippen LogP) is 3.30. The molecule has 1 N–H and O–H groups in total. The maximum Gasteiger partial charge on any atom is 0.326 e. The van der Waals surface area contributed by atoms with E-state index in [1.54, 1.807) is 13.0 Å². The van der Waals surface area contributed by atoms with Gasteiger partial charge in [-0.05, 0) is 51.5 Å². The molecule has 0 saturated carbocycles. The lowest BCUT2D eigenvalue weighted by atomic mass is 9.87. The molecule has 0 bridgehead atoms. The molecule has 1 heterocycles. The first-order chi connectivity index (χ1) is 8.74. The molecule has 19 heavy (non-hydrogen) atoms. The lowest BCUT2D eigenvalue weighted by molar-refractivity contribution is -0.138. The fourth-order valence-electron chi connectivity index (χ4n) is 2.84. The molecule has 1 aromatic rings. The number of halogens is 1. The maximum absolute atomic E-state index is 13.4. The van der Waals surface area contributed by atoms with Crippen LogP contribution >= 0.6 is 0 Å². The van der Waals surface area contributed by atoms with Crippen molar-refractivity contribution in [3.05, 3.63) is 35.7 Å². The van der Waals surface area contributed by atoms with Gasteiger partial charge < -0.3 is 10.0 Å². The van der Waals surface area contributed by atoms with Gasteiger partial charge in [-0.1, -0.05) is 6.08 Å². The highest BCUT2D eigenvalue weighted by molar-refractivity contribution is 5.86. The van der Waals surface area contributed by atoms with E-state index in [0.29, 0.717) is 0 Å². The van der Waals surface area contributed by atoms with Crippen molar-refractivity contribution in [2.75, 3.05) is 4.90 Å². The molecule has 102 valence electrons. The van der Waals surface area contributed by atoms with E-state index in [9.17, 15) is 14.3 Å². The Labute approximate surface area is 112 Å². The minimum absolute atomic E-state index is 0.311. The highest BCUT2D eigenvalue weighted by atomic mass is 19.1. The molecule has 2 rings (SSSR count). The molecular formula is C15H18FNO2. The SMILES string of the molecule is CC1=CC(C)(C)N([C@@H](C)C(=O)O)c2ccc(F)cc21. The lowest BCUT2D eigenvalue weighted by Gasteiger charge is -2.45. The lowest BCUT2D eigenvalue weighted by Crippen LogP contribution is -2.53. The van der Waals surface area contributed by atoms with Crippen LogP contribution in [0.5, 0.6) is 0 Å². The van der Waals surface area contributed by atoms with Gasteiger partial charge in [0.1, 0.15) is 11.9 Å². The molecule has 1 aliphatic rings. The summed E-state index contributed by atoms with van der Waals surface area (Å²) in [5.41, 5.74) is 2.06. The number of carboxylic acid groups (broad SMARTS) is 1. The average molecular weight is 263 g/mol.